The molecule has 2 atom stereocenters. The molecule has 0 amide bonds. The lowest BCUT2D eigenvalue weighted by molar-refractivity contribution is -0.145. The summed E-state index contributed by atoms with van der Waals surface area (Å²) in [6, 6.07) is 0. The molecule has 1 rings (SSSR count). The number of ether oxygens (including phenoxy) is 1. The van der Waals surface area contributed by atoms with Gasteiger partial charge < -0.3 is 4.74 Å². The zero-order chi connectivity index (χ0) is 14.1. The van der Waals surface area contributed by atoms with Gasteiger partial charge in [-0.25, -0.2) is 0 Å². The highest BCUT2D eigenvalue weighted by Crippen LogP contribution is 2.34. The summed E-state index contributed by atoms with van der Waals surface area (Å²) in [7, 11) is 0. The molecule has 0 N–H and O–H groups in total. The van der Waals surface area contributed by atoms with E-state index in [0.29, 0.717) is 25.2 Å². The Labute approximate surface area is 116 Å². The van der Waals surface area contributed by atoms with Crippen LogP contribution in [0.25, 0.3) is 0 Å². The van der Waals surface area contributed by atoms with Gasteiger partial charge in [0.25, 0.3) is 0 Å². The van der Waals surface area contributed by atoms with E-state index in [1.54, 1.807) is 6.92 Å². The summed E-state index contributed by atoms with van der Waals surface area (Å²) in [4.78, 5) is 23.5. The lowest BCUT2D eigenvalue weighted by Crippen LogP contribution is -2.19. The van der Waals surface area contributed by atoms with Crippen LogP contribution in [0.5, 0.6) is 0 Å². The molecule has 3 nitrogen and oxygen atoms in total. The first-order valence-corrected chi connectivity index (χ1v) is 7.27. The summed E-state index contributed by atoms with van der Waals surface area (Å²) < 4.78 is 5.18. The Hall–Kier alpha value is -1.30. The topological polar surface area (TPSA) is 43.4 Å². The van der Waals surface area contributed by atoms with Gasteiger partial charge in [0.1, 0.15) is 5.78 Å². The lowest BCUT2D eigenvalue weighted by atomic mass is 9.89. The number of ketones is 1. The molecule has 0 aliphatic heterocycles. The van der Waals surface area contributed by atoms with Gasteiger partial charge in [-0.05, 0) is 32.1 Å². The second-order valence-corrected chi connectivity index (χ2v) is 5.12. The molecule has 0 radical (unpaired) electrons. The van der Waals surface area contributed by atoms with E-state index in [0.717, 1.165) is 32.1 Å². The van der Waals surface area contributed by atoms with E-state index in [1.165, 1.54) is 0 Å². The molecule has 106 valence electrons. The summed E-state index contributed by atoms with van der Waals surface area (Å²) in [6.07, 6.45) is 5.28. The Bertz CT molecular complexity index is 362. The number of carbonyl (C=O) groups excluding carboxylic acids is 2. The number of hydrogen-bond donors (Lipinski definition) is 0. The Kier molecular flexibility index (Phi) is 7.25. The lowest BCUT2D eigenvalue weighted by Gasteiger charge is -2.16. The fourth-order valence-electron chi connectivity index (χ4n) is 2.57. The molecule has 0 heterocycles. The van der Waals surface area contributed by atoms with Crippen LogP contribution in [-0.4, -0.2) is 18.4 Å². The van der Waals surface area contributed by atoms with Gasteiger partial charge in [0.15, 0.2) is 0 Å². The number of unbranched alkanes of at least 4 members (excludes halogenated alkanes) is 1. The predicted octanol–water partition coefficient (Wildman–Crippen LogP) is 3.12. The molecule has 0 aromatic heterocycles. The van der Waals surface area contributed by atoms with Crippen molar-refractivity contribution < 1.29 is 14.3 Å². The van der Waals surface area contributed by atoms with E-state index in [1.807, 2.05) is 0 Å². The predicted molar refractivity (Wildman–Crippen MR) is 74.4 cm³/mol. The van der Waals surface area contributed by atoms with Gasteiger partial charge in [-0.1, -0.05) is 13.3 Å². The minimum Gasteiger partial charge on any atom is -0.466 e. The summed E-state index contributed by atoms with van der Waals surface area (Å²) in [5, 5.41) is 0. The Morgan fingerprint density at radius 3 is 2.95 bits per heavy atom. The van der Waals surface area contributed by atoms with Crippen LogP contribution in [0.15, 0.2) is 0 Å². The van der Waals surface area contributed by atoms with E-state index in [-0.39, 0.29) is 17.8 Å². The fourth-order valence-corrected chi connectivity index (χ4v) is 2.57. The first kappa shape index (κ1) is 15.8. The van der Waals surface area contributed by atoms with E-state index in [4.69, 9.17) is 4.74 Å². The van der Waals surface area contributed by atoms with Gasteiger partial charge in [0.05, 0.1) is 6.61 Å². The van der Waals surface area contributed by atoms with Crippen LogP contribution >= 0.6 is 0 Å². The maximum Gasteiger partial charge on any atom is 0.306 e. The average molecular weight is 264 g/mol. The zero-order valence-corrected chi connectivity index (χ0v) is 12.0. The first-order valence-electron chi connectivity index (χ1n) is 7.27. The molecule has 1 aliphatic rings. The highest BCUT2D eigenvalue weighted by atomic mass is 16.5. The Morgan fingerprint density at radius 2 is 2.26 bits per heavy atom. The molecule has 19 heavy (non-hydrogen) atoms. The quantitative estimate of drug-likeness (QED) is 0.403. The first-order chi connectivity index (χ1) is 9.19. The second-order valence-electron chi connectivity index (χ2n) is 5.12. The van der Waals surface area contributed by atoms with Crippen LogP contribution < -0.4 is 0 Å². The van der Waals surface area contributed by atoms with E-state index in [2.05, 4.69) is 18.8 Å². The molecular weight excluding hydrogens is 240 g/mol. The third-order valence-electron chi connectivity index (χ3n) is 3.69. The van der Waals surface area contributed by atoms with Crippen LogP contribution in [0.1, 0.15) is 58.8 Å². The van der Waals surface area contributed by atoms with Crippen molar-refractivity contribution >= 4 is 11.8 Å². The number of carbonyl (C=O) groups is 2. The monoisotopic (exact) mass is 264 g/mol. The molecule has 1 aliphatic carbocycles. The molecule has 1 saturated carbocycles. The number of hydrogen-bond acceptors (Lipinski definition) is 3. The number of esters is 1. The van der Waals surface area contributed by atoms with E-state index in [9.17, 15) is 9.59 Å². The zero-order valence-electron chi connectivity index (χ0n) is 12.0. The fraction of sp³-hybridized carbons (Fsp3) is 0.750. The van der Waals surface area contributed by atoms with Gasteiger partial charge >= 0.3 is 5.97 Å². The minimum atomic E-state index is -0.153. The van der Waals surface area contributed by atoms with E-state index < -0.39 is 0 Å². The molecule has 3 heteroatoms. The van der Waals surface area contributed by atoms with Crippen LogP contribution in [-0.2, 0) is 14.3 Å². The molecule has 0 bridgehead atoms. The molecule has 0 aromatic rings. The highest BCUT2D eigenvalue weighted by Gasteiger charge is 2.35. The summed E-state index contributed by atoms with van der Waals surface area (Å²) in [6.45, 7) is 4.37. The summed E-state index contributed by atoms with van der Waals surface area (Å²) >= 11 is 0. The van der Waals surface area contributed by atoms with Crippen molar-refractivity contribution in [3.8, 4) is 11.8 Å². The summed E-state index contributed by atoms with van der Waals surface area (Å²) in [5.74, 6) is 6.16. The van der Waals surface area contributed by atoms with Gasteiger partial charge in [-0.15, -0.1) is 11.8 Å². The van der Waals surface area contributed by atoms with Crippen molar-refractivity contribution in [3.63, 3.8) is 0 Å². The molecule has 0 saturated heterocycles. The van der Waals surface area contributed by atoms with Crippen LogP contribution in [0, 0.1) is 23.7 Å². The van der Waals surface area contributed by atoms with Gasteiger partial charge in [0, 0.05) is 25.2 Å². The second kappa shape index (κ2) is 8.74. The third-order valence-corrected chi connectivity index (χ3v) is 3.69. The Balaban J connectivity index is 2.39. The van der Waals surface area contributed by atoms with Gasteiger partial charge in [-0.3, -0.25) is 9.59 Å². The maximum absolute atomic E-state index is 11.8. The van der Waals surface area contributed by atoms with Crippen LogP contribution in [0.4, 0.5) is 0 Å². The molecule has 2 unspecified atom stereocenters. The maximum atomic E-state index is 11.8. The van der Waals surface area contributed by atoms with Crippen molar-refractivity contribution in [1.82, 2.24) is 0 Å². The molecule has 1 fully saturated rings. The van der Waals surface area contributed by atoms with Crippen molar-refractivity contribution in [2.75, 3.05) is 6.61 Å². The average Bonchev–Trinajstić information content (AvgIpc) is 2.72. The molecule has 0 aromatic carbocycles. The highest BCUT2D eigenvalue weighted by molar-refractivity contribution is 5.84. The largest absolute Gasteiger partial charge is 0.466 e. The smallest absolute Gasteiger partial charge is 0.306 e. The van der Waals surface area contributed by atoms with Crippen molar-refractivity contribution in [2.45, 2.75) is 58.8 Å². The van der Waals surface area contributed by atoms with Gasteiger partial charge in [-0.2, -0.15) is 0 Å². The Morgan fingerprint density at radius 1 is 1.47 bits per heavy atom. The molecule has 0 spiro atoms. The van der Waals surface area contributed by atoms with Crippen LogP contribution in [0.2, 0.25) is 0 Å². The SMILES string of the molecule is CC#CCCC1C(=O)CCC1CC(=O)OCCCC. The minimum absolute atomic E-state index is 0.0135. The van der Waals surface area contributed by atoms with Crippen molar-refractivity contribution in [3.05, 3.63) is 0 Å². The van der Waals surface area contributed by atoms with Crippen molar-refractivity contribution in [1.29, 1.82) is 0 Å². The van der Waals surface area contributed by atoms with E-state index >= 15 is 0 Å². The normalized spacial score (nSPS) is 21.9. The third kappa shape index (κ3) is 5.46. The van der Waals surface area contributed by atoms with Gasteiger partial charge in [0.2, 0.25) is 0 Å². The molecular formula is C16H24O3. The number of Topliss-reactive ketones (excluding diaryl/α,β-unsaturated/α-hetero) is 1. The standard InChI is InChI=1S/C16H24O3/c1-3-5-7-8-14-13(9-10-15(14)17)12-16(18)19-11-6-4-2/h13-14H,4,6-12H2,1-2H3. The van der Waals surface area contributed by atoms with Crippen molar-refractivity contribution in [2.24, 2.45) is 11.8 Å². The number of rotatable bonds is 7. The summed E-state index contributed by atoms with van der Waals surface area (Å²) in [5.41, 5.74) is 0. The van der Waals surface area contributed by atoms with Crippen LogP contribution in [0.3, 0.4) is 0 Å².